The molecule has 100 valence electrons. The van der Waals surface area contributed by atoms with Crippen LogP contribution < -0.4 is 10.2 Å². The average Bonchev–Trinajstić information content (AvgIpc) is 3.18. The molecule has 1 aliphatic heterocycles. The molecule has 1 saturated heterocycles. The molecule has 2 amide bonds. The van der Waals surface area contributed by atoms with Crippen molar-refractivity contribution in [2.45, 2.75) is 25.3 Å². The summed E-state index contributed by atoms with van der Waals surface area (Å²) in [6.07, 6.45) is 1.89. The van der Waals surface area contributed by atoms with Crippen molar-refractivity contribution >= 4 is 17.5 Å². The van der Waals surface area contributed by atoms with E-state index in [0.29, 0.717) is 5.69 Å². The summed E-state index contributed by atoms with van der Waals surface area (Å²) in [5.41, 5.74) is -0.409. The Kier molecular flexibility index (Phi) is 2.59. The highest BCUT2D eigenvalue weighted by atomic mass is 19.1. The highest BCUT2D eigenvalue weighted by Crippen LogP contribution is 2.42. The fourth-order valence-electron chi connectivity index (χ4n) is 2.67. The van der Waals surface area contributed by atoms with Crippen LogP contribution in [0, 0.1) is 11.7 Å². The van der Waals surface area contributed by atoms with Gasteiger partial charge in [0.25, 0.3) is 5.91 Å². The lowest BCUT2D eigenvalue weighted by molar-refractivity contribution is -0.136. The molecule has 0 radical (unpaired) electrons. The lowest BCUT2D eigenvalue weighted by Crippen LogP contribution is -2.66. The predicted molar refractivity (Wildman–Crippen MR) is 68.0 cm³/mol. The summed E-state index contributed by atoms with van der Waals surface area (Å²) < 4.78 is 13.3. The van der Waals surface area contributed by atoms with Crippen molar-refractivity contribution < 1.29 is 14.0 Å². The minimum absolute atomic E-state index is 0.0510. The molecule has 2 fully saturated rings. The highest BCUT2D eigenvalue weighted by Gasteiger charge is 2.52. The van der Waals surface area contributed by atoms with Crippen LogP contribution in [0.1, 0.15) is 19.8 Å². The molecule has 0 bridgehead atoms. The minimum Gasteiger partial charge on any atom is -0.340 e. The molecule has 1 saturated carbocycles. The highest BCUT2D eigenvalue weighted by molar-refractivity contribution is 6.09. The van der Waals surface area contributed by atoms with Gasteiger partial charge in [-0.15, -0.1) is 0 Å². The Morgan fingerprint density at radius 2 is 2.11 bits per heavy atom. The Morgan fingerprint density at radius 3 is 2.74 bits per heavy atom. The van der Waals surface area contributed by atoms with Gasteiger partial charge in [-0.2, -0.15) is 0 Å². The largest absolute Gasteiger partial charge is 0.340 e. The first-order valence-electron chi connectivity index (χ1n) is 6.39. The second-order valence-electron chi connectivity index (χ2n) is 5.40. The molecule has 0 spiro atoms. The van der Waals surface area contributed by atoms with Gasteiger partial charge < -0.3 is 10.2 Å². The van der Waals surface area contributed by atoms with E-state index < -0.39 is 11.4 Å². The number of benzene rings is 1. The molecular weight excluding hydrogens is 247 g/mol. The third-order valence-corrected chi connectivity index (χ3v) is 3.90. The van der Waals surface area contributed by atoms with E-state index in [1.54, 1.807) is 19.1 Å². The number of hydrogen-bond donors (Lipinski definition) is 1. The van der Waals surface area contributed by atoms with Crippen LogP contribution in [0.3, 0.4) is 0 Å². The molecule has 1 aliphatic carbocycles. The Bertz CT molecular complexity index is 556. The summed E-state index contributed by atoms with van der Waals surface area (Å²) in [5.74, 6) is -0.567. The van der Waals surface area contributed by atoms with E-state index in [9.17, 15) is 14.0 Å². The van der Waals surface area contributed by atoms with E-state index in [2.05, 4.69) is 5.32 Å². The fourth-order valence-corrected chi connectivity index (χ4v) is 2.67. The Morgan fingerprint density at radius 1 is 1.37 bits per heavy atom. The summed E-state index contributed by atoms with van der Waals surface area (Å²) in [6.45, 7) is 1.71. The number of amides is 2. The maximum Gasteiger partial charge on any atom is 0.253 e. The van der Waals surface area contributed by atoms with Gasteiger partial charge in [0.05, 0.1) is 0 Å². The number of carbonyl (C=O) groups excluding carboxylic acids is 2. The van der Waals surface area contributed by atoms with Crippen molar-refractivity contribution in [3.05, 3.63) is 30.1 Å². The number of halogens is 1. The van der Waals surface area contributed by atoms with Gasteiger partial charge in [-0.05, 0) is 43.9 Å². The lowest BCUT2D eigenvalue weighted by atomic mass is 9.91. The van der Waals surface area contributed by atoms with E-state index in [-0.39, 0.29) is 24.3 Å². The van der Waals surface area contributed by atoms with E-state index in [4.69, 9.17) is 0 Å². The van der Waals surface area contributed by atoms with Crippen LogP contribution in [0.4, 0.5) is 10.1 Å². The van der Waals surface area contributed by atoms with Gasteiger partial charge in [-0.25, -0.2) is 4.39 Å². The normalized spacial score (nSPS) is 27.4. The van der Waals surface area contributed by atoms with E-state index in [0.717, 1.165) is 12.8 Å². The van der Waals surface area contributed by atoms with Crippen LogP contribution in [0.25, 0.3) is 0 Å². The Labute approximate surface area is 110 Å². The third kappa shape index (κ3) is 1.99. The lowest BCUT2D eigenvalue weighted by Gasteiger charge is -2.40. The van der Waals surface area contributed by atoms with Gasteiger partial charge in [-0.3, -0.25) is 9.59 Å². The fraction of sp³-hybridized carbons (Fsp3) is 0.429. The van der Waals surface area contributed by atoms with Gasteiger partial charge in [0, 0.05) is 5.69 Å². The zero-order chi connectivity index (χ0) is 13.6. The zero-order valence-corrected chi connectivity index (χ0v) is 10.6. The minimum atomic E-state index is -0.846. The van der Waals surface area contributed by atoms with Crippen LogP contribution >= 0.6 is 0 Å². The predicted octanol–water partition coefficient (Wildman–Crippen LogP) is 1.46. The van der Waals surface area contributed by atoms with Crippen molar-refractivity contribution in [3.63, 3.8) is 0 Å². The molecule has 5 heteroatoms. The van der Waals surface area contributed by atoms with Gasteiger partial charge >= 0.3 is 0 Å². The van der Waals surface area contributed by atoms with Gasteiger partial charge in [0.15, 0.2) is 0 Å². The molecule has 3 rings (SSSR count). The van der Waals surface area contributed by atoms with E-state index in [1.165, 1.54) is 17.0 Å². The monoisotopic (exact) mass is 262 g/mol. The summed E-state index contributed by atoms with van der Waals surface area (Å²) in [6, 6.07) is 5.79. The van der Waals surface area contributed by atoms with Crippen molar-refractivity contribution in [2.75, 3.05) is 11.4 Å². The summed E-state index contributed by atoms with van der Waals surface area (Å²) in [4.78, 5) is 25.8. The number of piperazine rings is 1. The van der Waals surface area contributed by atoms with Crippen LogP contribution in [0.15, 0.2) is 24.3 Å². The number of carbonyl (C=O) groups is 2. The Balaban J connectivity index is 1.96. The standard InChI is InChI=1S/C14H15FN2O2/c1-14(9-5-6-9)13(19)17(8-12(18)16-14)11-4-2-3-10(15)7-11/h2-4,7,9H,5-6,8H2,1H3,(H,16,18). The molecule has 1 N–H and O–H groups in total. The van der Waals surface area contributed by atoms with Crippen LogP contribution in [0.2, 0.25) is 0 Å². The molecule has 0 aromatic heterocycles. The van der Waals surface area contributed by atoms with Crippen molar-refractivity contribution in [1.82, 2.24) is 5.32 Å². The molecule has 1 aromatic rings. The first-order chi connectivity index (χ1) is 9.00. The summed E-state index contributed by atoms with van der Waals surface area (Å²) in [7, 11) is 0. The molecule has 1 unspecified atom stereocenters. The number of rotatable bonds is 2. The summed E-state index contributed by atoms with van der Waals surface area (Å²) in [5, 5.41) is 2.79. The van der Waals surface area contributed by atoms with Crippen LogP contribution in [0.5, 0.6) is 0 Å². The second-order valence-corrected chi connectivity index (χ2v) is 5.40. The maximum atomic E-state index is 13.3. The van der Waals surface area contributed by atoms with Gasteiger partial charge in [-0.1, -0.05) is 6.07 Å². The SMILES string of the molecule is CC1(C2CC2)NC(=O)CN(c2cccc(F)c2)C1=O. The average molecular weight is 262 g/mol. The van der Waals surface area contributed by atoms with Gasteiger partial charge in [0.2, 0.25) is 5.91 Å². The number of nitrogens with zero attached hydrogens (tertiary/aromatic N) is 1. The third-order valence-electron chi connectivity index (χ3n) is 3.90. The maximum absolute atomic E-state index is 13.3. The summed E-state index contributed by atoms with van der Waals surface area (Å²) >= 11 is 0. The van der Waals surface area contributed by atoms with E-state index in [1.807, 2.05) is 0 Å². The second kappa shape index (κ2) is 4.05. The first kappa shape index (κ1) is 12.1. The molecular formula is C14H15FN2O2. The zero-order valence-electron chi connectivity index (χ0n) is 10.6. The number of nitrogens with one attached hydrogen (secondary N) is 1. The molecule has 4 nitrogen and oxygen atoms in total. The molecule has 2 aliphatic rings. The number of anilines is 1. The smallest absolute Gasteiger partial charge is 0.253 e. The van der Waals surface area contributed by atoms with Crippen LogP contribution in [-0.2, 0) is 9.59 Å². The van der Waals surface area contributed by atoms with Gasteiger partial charge in [0.1, 0.15) is 17.9 Å². The molecule has 1 atom stereocenters. The Hall–Kier alpha value is -1.91. The first-order valence-corrected chi connectivity index (χ1v) is 6.39. The molecule has 1 heterocycles. The van der Waals surface area contributed by atoms with Crippen molar-refractivity contribution in [3.8, 4) is 0 Å². The van der Waals surface area contributed by atoms with E-state index >= 15 is 0 Å². The molecule has 19 heavy (non-hydrogen) atoms. The topological polar surface area (TPSA) is 49.4 Å². The molecule has 1 aromatic carbocycles. The number of hydrogen-bond acceptors (Lipinski definition) is 2. The van der Waals surface area contributed by atoms with Crippen LogP contribution in [-0.4, -0.2) is 23.9 Å². The quantitative estimate of drug-likeness (QED) is 0.877. The van der Waals surface area contributed by atoms with Crippen molar-refractivity contribution in [2.24, 2.45) is 5.92 Å². The van der Waals surface area contributed by atoms with Crippen molar-refractivity contribution in [1.29, 1.82) is 0 Å².